The quantitative estimate of drug-likeness (QED) is 0.331. The molecule has 0 atom stereocenters. The molecule has 0 N–H and O–H groups in total. The average molecular weight is 216 g/mol. The Morgan fingerprint density at radius 1 is 1.00 bits per heavy atom. The van der Waals surface area contributed by atoms with Gasteiger partial charge in [-0.25, -0.2) is 0 Å². The SMILES string of the molecule is CCCCCCCCOCC=CCS. The lowest BCUT2D eigenvalue weighted by Crippen LogP contribution is -1.94. The summed E-state index contributed by atoms with van der Waals surface area (Å²) in [5, 5.41) is 0. The Kier molecular flexibility index (Phi) is 13.1. The predicted octanol–water partition coefficient (Wildman–Crippen LogP) is 3.85. The fourth-order valence-corrected chi connectivity index (χ4v) is 1.43. The van der Waals surface area contributed by atoms with Gasteiger partial charge in [-0.3, -0.25) is 0 Å². The molecule has 0 radical (unpaired) electrons. The zero-order chi connectivity index (χ0) is 10.5. The van der Waals surface area contributed by atoms with E-state index in [2.05, 4.69) is 19.6 Å². The molecule has 2 heteroatoms. The molecule has 0 rings (SSSR count). The normalized spacial score (nSPS) is 11.3. The van der Waals surface area contributed by atoms with E-state index < -0.39 is 0 Å². The predicted molar refractivity (Wildman–Crippen MR) is 67.2 cm³/mol. The van der Waals surface area contributed by atoms with Crippen LogP contribution < -0.4 is 0 Å². The number of ether oxygens (including phenoxy) is 1. The van der Waals surface area contributed by atoms with Crippen molar-refractivity contribution in [3.05, 3.63) is 12.2 Å². The Hall–Kier alpha value is 0.0500. The lowest BCUT2D eigenvalue weighted by atomic mass is 10.1. The topological polar surface area (TPSA) is 9.23 Å². The van der Waals surface area contributed by atoms with Gasteiger partial charge in [-0.2, -0.15) is 12.6 Å². The first-order chi connectivity index (χ1) is 6.91. The van der Waals surface area contributed by atoms with Crippen LogP contribution >= 0.6 is 12.6 Å². The van der Waals surface area contributed by atoms with Crippen LogP contribution in [0.15, 0.2) is 12.2 Å². The summed E-state index contributed by atoms with van der Waals surface area (Å²) < 4.78 is 5.42. The third-order valence-electron chi connectivity index (χ3n) is 2.13. The molecule has 14 heavy (non-hydrogen) atoms. The van der Waals surface area contributed by atoms with Gasteiger partial charge in [-0.15, -0.1) is 0 Å². The Morgan fingerprint density at radius 2 is 1.71 bits per heavy atom. The highest BCUT2D eigenvalue weighted by molar-refractivity contribution is 7.80. The first-order valence-electron chi connectivity index (χ1n) is 5.75. The third kappa shape index (κ3) is 12.0. The fourth-order valence-electron chi connectivity index (χ4n) is 1.28. The second kappa shape index (κ2) is 13.1. The molecule has 0 saturated heterocycles. The van der Waals surface area contributed by atoms with Crippen LogP contribution in [-0.4, -0.2) is 19.0 Å². The van der Waals surface area contributed by atoms with E-state index in [1.54, 1.807) is 0 Å². The minimum atomic E-state index is 0.746. The number of hydrogen-bond donors (Lipinski definition) is 1. The van der Waals surface area contributed by atoms with E-state index in [-0.39, 0.29) is 0 Å². The summed E-state index contributed by atoms with van der Waals surface area (Å²) in [6, 6.07) is 0. The second-order valence-electron chi connectivity index (χ2n) is 3.50. The summed E-state index contributed by atoms with van der Waals surface area (Å²) in [5.74, 6) is 0.806. The number of thiol groups is 1. The maximum Gasteiger partial charge on any atom is 0.0647 e. The first-order valence-corrected chi connectivity index (χ1v) is 6.38. The molecule has 0 aliphatic carbocycles. The minimum absolute atomic E-state index is 0.746. The van der Waals surface area contributed by atoms with Gasteiger partial charge in [-0.05, 0) is 6.42 Å². The van der Waals surface area contributed by atoms with Crippen molar-refractivity contribution in [3.63, 3.8) is 0 Å². The Bertz CT molecular complexity index is 123. The molecule has 0 spiro atoms. The molecule has 0 aliphatic rings. The van der Waals surface area contributed by atoms with Gasteiger partial charge in [-0.1, -0.05) is 51.2 Å². The average Bonchev–Trinajstić information content (AvgIpc) is 2.21. The summed E-state index contributed by atoms with van der Waals surface area (Å²) in [4.78, 5) is 0. The molecule has 0 aromatic rings. The smallest absolute Gasteiger partial charge is 0.0647 e. The van der Waals surface area contributed by atoms with E-state index in [0.717, 1.165) is 19.0 Å². The number of rotatable bonds is 10. The third-order valence-corrected chi connectivity index (χ3v) is 2.34. The Morgan fingerprint density at radius 3 is 2.43 bits per heavy atom. The van der Waals surface area contributed by atoms with Gasteiger partial charge >= 0.3 is 0 Å². The molecule has 0 bridgehead atoms. The van der Waals surface area contributed by atoms with Crippen LogP contribution in [0.4, 0.5) is 0 Å². The van der Waals surface area contributed by atoms with Crippen molar-refractivity contribution in [3.8, 4) is 0 Å². The molecular weight excluding hydrogens is 192 g/mol. The van der Waals surface area contributed by atoms with E-state index in [0.29, 0.717) is 0 Å². The van der Waals surface area contributed by atoms with E-state index in [1.165, 1.54) is 38.5 Å². The standard InChI is InChI=1S/C12H24OS/c1-2-3-4-5-6-7-10-13-11-8-9-12-14/h8-9,14H,2-7,10-12H2,1H3. The lowest BCUT2D eigenvalue weighted by molar-refractivity contribution is 0.157. The van der Waals surface area contributed by atoms with Gasteiger partial charge in [0.15, 0.2) is 0 Å². The summed E-state index contributed by atoms with van der Waals surface area (Å²) >= 11 is 4.07. The van der Waals surface area contributed by atoms with Crippen LogP contribution in [0, 0.1) is 0 Å². The van der Waals surface area contributed by atoms with Crippen molar-refractivity contribution >= 4 is 12.6 Å². The zero-order valence-corrected chi connectivity index (χ0v) is 10.3. The maximum atomic E-state index is 5.42. The molecular formula is C12H24OS. The van der Waals surface area contributed by atoms with E-state index >= 15 is 0 Å². The van der Waals surface area contributed by atoms with Gasteiger partial charge in [0, 0.05) is 12.4 Å². The zero-order valence-electron chi connectivity index (χ0n) is 9.37. The fraction of sp³-hybridized carbons (Fsp3) is 0.833. The van der Waals surface area contributed by atoms with Crippen LogP contribution in [0.2, 0.25) is 0 Å². The van der Waals surface area contributed by atoms with Gasteiger partial charge in [0.25, 0.3) is 0 Å². The van der Waals surface area contributed by atoms with E-state index in [4.69, 9.17) is 4.74 Å². The van der Waals surface area contributed by atoms with E-state index in [1.807, 2.05) is 12.2 Å². The molecule has 0 amide bonds. The summed E-state index contributed by atoms with van der Waals surface area (Å²) in [6.07, 6.45) is 12.0. The highest BCUT2D eigenvalue weighted by atomic mass is 32.1. The molecule has 0 aliphatic heterocycles. The van der Waals surface area contributed by atoms with Gasteiger partial charge in [0.05, 0.1) is 6.61 Å². The first kappa shape index (κ1) is 14.1. The summed E-state index contributed by atoms with van der Waals surface area (Å²) in [6.45, 7) is 3.90. The van der Waals surface area contributed by atoms with Crippen molar-refractivity contribution < 1.29 is 4.74 Å². The molecule has 0 aromatic heterocycles. The van der Waals surface area contributed by atoms with Crippen molar-refractivity contribution in [2.45, 2.75) is 45.4 Å². The number of unbranched alkanes of at least 4 members (excludes halogenated alkanes) is 5. The van der Waals surface area contributed by atoms with Crippen molar-refractivity contribution in [1.29, 1.82) is 0 Å². The van der Waals surface area contributed by atoms with Gasteiger partial charge in [0.1, 0.15) is 0 Å². The molecule has 0 unspecified atom stereocenters. The van der Waals surface area contributed by atoms with Crippen LogP contribution in [0.5, 0.6) is 0 Å². The highest BCUT2D eigenvalue weighted by Gasteiger charge is 1.89. The Labute approximate surface area is 94.3 Å². The largest absolute Gasteiger partial charge is 0.377 e. The minimum Gasteiger partial charge on any atom is -0.377 e. The molecule has 0 heterocycles. The van der Waals surface area contributed by atoms with Crippen LogP contribution in [0.1, 0.15) is 45.4 Å². The molecule has 1 nitrogen and oxygen atoms in total. The van der Waals surface area contributed by atoms with Crippen LogP contribution in [0.25, 0.3) is 0 Å². The van der Waals surface area contributed by atoms with Gasteiger partial charge < -0.3 is 4.74 Å². The number of hydrogen-bond acceptors (Lipinski definition) is 2. The maximum absolute atomic E-state index is 5.42. The van der Waals surface area contributed by atoms with Gasteiger partial charge in [0.2, 0.25) is 0 Å². The van der Waals surface area contributed by atoms with Crippen LogP contribution in [0.3, 0.4) is 0 Å². The summed E-state index contributed by atoms with van der Waals surface area (Å²) in [7, 11) is 0. The molecule has 0 saturated carbocycles. The highest BCUT2D eigenvalue weighted by Crippen LogP contribution is 2.04. The second-order valence-corrected chi connectivity index (χ2v) is 3.86. The van der Waals surface area contributed by atoms with Crippen LogP contribution in [-0.2, 0) is 4.74 Å². The summed E-state index contributed by atoms with van der Waals surface area (Å²) in [5.41, 5.74) is 0. The molecule has 0 fully saturated rings. The monoisotopic (exact) mass is 216 g/mol. The van der Waals surface area contributed by atoms with Crippen molar-refractivity contribution in [2.24, 2.45) is 0 Å². The Balaban J connectivity index is 2.88. The van der Waals surface area contributed by atoms with Crippen molar-refractivity contribution in [2.75, 3.05) is 19.0 Å². The molecule has 84 valence electrons. The van der Waals surface area contributed by atoms with E-state index in [9.17, 15) is 0 Å². The molecule has 0 aromatic carbocycles. The lowest BCUT2D eigenvalue weighted by Gasteiger charge is -2.01. The van der Waals surface area contributed by atoms with Crippen molar-refractivity contribution in [1.82, 2.24) is 0 Å².